The molecule has 3 heterocycles. The second kappa shape index (κ2) is 7.82. The van der Waals surface area contributed by atoms with E-state index in [2.05, 4.69) is 9.88 Å². The zero-order valence-corrected chi connectivity index (χ0v) is 14.7. The lowest BCUT2D eigenvalue weighted by Gasteiger charge is -2.37. The Hall–Kier alpha value is -2.15. The van der Waals surface area contributed by atoms with Crippen molar-refractivity contribution in [2.24, 2.45) is 11.7 Å². The van der Waals surface area contributed by atoms with Crippen LogP contribution >= 0.6 is 0 Å². The Morgan fingerprint density at radius 3 is 2.76 bits per heavy atom. The lowest BCUT2D eigenvalue weighted by Crippen LogP contribution is -2.47. The second-order valence-electron chi connectivity index (χ2n) is 6.84. The van der Waals surface area contributed by atoms with Crippen LogP contribution in [-0.4, -0.2) is 61.1 Å². The number of rotatable bonds is 5. The van der Waals surface area contributed by atoms with Gasteiger partial charge in [-0.2, -0.15) is 0 Å². The third-order valence-corrected chi connectivity index (χ3v) is 5.14. The van der Waals surface area contributed by atoms with Crippen molar-refractivity contribution in [3.63, 3.8) is 0 Å². The van der Waals surface area contributed by atoms with Crippen LogP contribution in [0.15, 0.2) is 18.3 Å². The van der Waals surface area contributed by atoms with Gasteiger partial charge in [0.1, 0.15) is 5.82 Å². The fourth-order valence-electron chi connectivity index (χ4n) is 3.81. The van der Waals surface area contributed by atoms with Crippen molar-refractivity contribution in [1.29, 1.82) is 0 Å². The van der Waals surface area contributed by atoms with Crippen molar-refractivity contribution >= 4 is 17.6 Å². The summed E-state index contributed by atoms with van der Waals surface area (Å²) in [5.41, 5.74) is 5.99. The van der Waals surface area contributed by atoms with Crippen LogP contribution in [0.4, 0.5) is 5.82 Å². The fraction of sp³-hybridized carbons (Fsp3) is 0.611. The van der Waals surface area contributed by atoms with Crippen LogP contribution in [0.3, 0.4) is 0 Å². The Kier molecular flexibility index (Phi) is 5.53. The van der Waals surface area contributed by atoms with Crippen LogP contribution in [0.5, 0.6) is 0 Å². The summed E-state index contributed by atoms with van der Waals surface area (Å²) in [7, 11) is 1.64. The minimum atomic E-state index is -0.360. The van der Waals surface area contributed by atoms with Crippen molar-refractivity contribution < 1.29 is 14.3 Å². The minimum Gasteiger partial charge on any atom is -0.381 e. The number of aromatic nitrogens is 1. The van der Waals surface area contributed by atoms with Gasteiger partial charge in [-0.3, -0.25) is 9.59 Å². The number of pyridine rings is 1. The highest BCUT2D eigenvalue weighted by molar-refractivity contribution is 5.95. The average molecular weight is 346 g/mol. The molecule has 1 aromatic heterocycles. The van der Waals surface area contributed by atoms with E-state index in [0.717, 1.165) is 18.9 Å². The first-order valence-corrected chi connectivity index (χ1v) is 8.90. The monoisotopic (exact) mass is 346 g/mol. The number of methoxy groups -OCH3 is 1. The third kappa shape index (κ3) is 4.10. The van der Waals surface area contributed by atoms with Gasteiger partial charge in [0.15, 0.2) is 0 Å². The van der Waals surface area contributed by atoms with E-state index >= 15 is 0 Å². The van der Waals surface area contributed by atoms with E-state index < -0.39 is 0 Å². The quantitative estimate of drug-likeness (QED) is 0.860. The molecule has 1 aromatic rings. The first-order valence-electron chi connectivity index (χ1n) is 8.90. The molecule has 2 amide bonds. The minimum absolute atomic E-state index is 0.0214. The van der Waals surface area contributed by atoms with Gasteiger partial charge >= 0.3 is 0 Å². The molecule has 0 unspecified atom stereocenters. The van der Waals surface area contributed by atoms with Crippen LogP contribution in [0.2, 0.25) is 0 Å². The lowest BCUT2D eigenvalue weighted by molar-refractivity contribution is -0.121. The maximum Gasteiger partial charge on any atom is 0.254 e. The smallest absolute Gasteiger partial charge is 0.254 e. The number of hydrogen-bond acceptors (Lipinski definition) is 5. The van der Waals surface area contributed by atoms with Crippen molar-refractivity contribution in [3.8, 4) is 0 Å². The normalized spacial score (nSPS) is 23.7. The molecule has 25 heavy (non-hydrogen) atoms. The third-order valence-electron chi connectivity index (χ3n) is 5.14. The molecular weight excluding hydrogens is 320 g/mol. The second-order valence-corrected chi connectivity index (χ2v) is 6.84. The molecule has 136 valence electrons. The standard InChI is InChI=1S/C18H26N4O3/c1-25-15-5-9-22(12-14(15)10-16(19)23)18(24)13-4-6-20-17(11-13)21-7-2-3-8-21/h4,6,11,14-15H,2-3,5,7-10,12H2,1H3,(H2,19,23)/t14-,15-/m1/s1. The molecule has 2 aliphatic heterocycles. The molecule has 2 atom stereocenters. The van der Waals surface area contributed by atoms with Gasteiger partial charge in [-0.15, -0.1) is 0 Å². The molecule has 0 bridgehead atoms. The summed E-state index contributed by atoms with van der Waals surface area (Å²) < 4.78 is 5.46. The molecule has 2 fully saturated rings. The van der Waals surface area contributed by atoms with Gasteiger partial charge in [-0.05, 0) is 31.4 Å². The Morgan fingerprint density at radius 1 is 1.32 bits per heavy atom. The van der Waals surface area contributed by atoms with Crippen LogP contribution < -0.4 is 10.6 Å². The number of carbonyl (C=O) groups is 2. The predicted octanol–water partition coefficient (Wildman–Crippen LogP) is 1.03. The molecule has 3 rings (SSSR count). The number of hydrogen-bond donors (Lipinski definition) is 1. The van der Waals surface area contributed by atoms with Crippen molar-refractivity contribution in [2.75, 3.05) is 38.2 Å². The molecule has 0 spiro atoms. The summed E-state index contributed by atoms with van der Waals surface area (Å²) >= 11 is 0. The molecular formula is C18H26N4O3. The SMILES string of the molecule is CO[C@@H]1CCN(C(=O)c2ccnc(N3CCCC3)c2)C[C@H]1CC(N)=O. The first-order chi connectivity index (χ1) is 12.1. The number of nitrogens with two attached hydrogens (primary N) is 1. The highest BCUT2D eigenvalue weighted by atomic mass is 16.5. The molecule has 0 aromatic carbocycles. The van der Waals surface area contributed by atoms with E-state index in [-0.39, 0.29) is 30.3 Å². The maximum atomic E-state index is 12.9. The van der Waals surface area contributed by atoms with Gasteiger partial charge in [0, 0.05) is 57.4 Å². The van der Waals surface area contributed by atoms with Crippen LogP contribution in [0, 0.1) is 5.92 Å². The molecule has 7 nitrogen and oxygen atoms in total. The number of ether oxygens (including phenoxy) is 1. The Morgan fingerprint density at radius 2 is 2.08 bits per heavy atom. The van der Waals surface area contributed by atoms with E-state index in [1.807, 2.05) is 6.07 Å². The predicted molar refractivity (Wildman–Crippen MR) is 94.3 cm³/mol. The zero-order chi connectivity index (χ0) is 17.8. The van der Waals surface area contributed by atoms with Gasteiger partial charge in [-0.25, -0.2) is 4.98 Å². The number of likely N-dealkylation sites (tertiary alicyclic amines) is 1. The van der Waals surface area contributed by atoms with E-state index in [9.17, 15) is 9.59 Å². The fourth-order valence-corrected chi connectivity index (χ4v) is 3.81. The van der Waals surface area contributed by atoms with Crippen molar-refractivity contribution in [3.05, 3.63) is 23.9 Å². The van der Waals surface area contributed by atoms with Crippen LogP contribution in [0.1, 0.15) is 36.0 Å². The Balaban J connectivity index is 1.71. The molecule has 2 N–H and O–H groups in total. The molecule has 0 saturated carbocycles. The van der Waals surface area contributed by atoms with Gasteiger partial charge < -0.3 is 20.3 Å². The van der Waals surface area contributed by atoms with E-state index in [1.165, 1.54) is 12.8 Å². The summed E-state index contributed by atoms with van der Waals surface area (Å²) in [6, 6.07) is 3.63. The number of nitrogens with zero attached hydrogens (tertiary/aromatic N) is 3. The highest BCUT2D eigenvalue weighted by Crippen LogP contribution is 2.25. The van der Waals surface area contributed by atoms with E-state index in [4.69, 9.17) is 10.5 Å². The zero-order valence-electron chi connectivity index (χ0n) is 14.7. The first kappa shape index (κ1) is 17.7. The molecule has 0 radical (unpaired) electrons. The van der Waals surface area contributed by atoms with Crippen LogP contribution in [0.25, 0.3) is 0 Å². The summed E-state index contributed by atoms with van der Waals surface area (Å²) in [5, 5.41) is 0. The largest absolute Gasteiger partial charge is 0.381 e. The number of piperidine rings is 1. The number of anilines is 1. The van der Waals surface area contributed by atoms with Gasteiger partial charge in [0.2, 0.25) is 5.91 Å². The van der Waals surface area contributed by atoms with Crippen LogP contribution in [-0.2, 0) is 9.53 Å². The number of carbonyl (C=O) groups excluding carboxylic acids is 2. The number of amides is 2. The molecule has 7 heteroatoms. The highest BCUT2D eigenvalue weighted by Gasteiger charge is 2.33. The topological polar surface area (TPSA) is 88.8 Å². The van der Waals surface area contributed by atoms with Gasteiger partial charge in [0.25, 0.3) is 5.91 Å². The Labute approximate surface area is 148 Å². The van der Waals surface area contributed by atoms with Gasteiger partial charge in [0.05, 0.1) is 6.10 Å². The lowest BCUT2D eigenvalue weighted by atomic mass is 9.91. The number of primary amides is 1. The van der Waals surface area contributed by atoms with E-state index in [0.29, 0.717) is 25.1 Å². The average Bonchev–Trinajstić information content (AvgIpc) is 3.15. The molecule has 2 saturated heterocycles. The molecule has 2 aliphatic rings. The van der Waals surface area contributed by atoms with Crippen molar-refractivity contribution in [1.82, 2.24) is 9.88 Å². The van der Waals surface area contributed by atoms with Crippen molar-refractivity contribution in [2.45, 2.75) is 31.8 Å². The maximum absolute atomic E-state index is 12.9. The summed E-state index contributed by atoms with van der Waals surface area (Å²) in [4.78, 5) is 32.6. The Bertz CT molecular complexity index is 631. The molecule has 0 aliphatic carbocycles. The van der Waals surface area contributed by atoms with Gasteiger partial charge in [-0.1, -0.05) is 0 Å². The van der Waals surface area contributed by atoms with E-state index in [1.54, 1.807) is 24.3 Å². The summed E-state index contributed by atoms with van der Waals surface area (Å²) in [6.45, 7) is 3.09. The summed E-state index contributed by atoms with van der Waals surface area (Å²) in [6.07, 6.45) is 4.94. The summed E-state index contributed by atoms with van der Waals surface area (Å²) in [5.74, 6) is 0.428.